The van der Waals surface area contributed by atoms with E-state index < -0.39 is 6.04 Å². The molecule has 3 aromatic rings. The number of hydrogen-bond donors (Lipinski definition) is 2. The van der Waals surface area contributed by atoms with Crippen molar-refractivity contribution in [1.82, 2.24) is 19.8 Å². The maximum absolute atomic E-state index is 13.9. The van der Waals surface area contributed by atoms with E-state index in [9.17, 15) is 9.59 Å². The van der Waals surface area contributed by atoms with Gasteiger partial charge in [0.1, 0.15) is 11.8 Å². The molecule has 1 aliphatic heterocycles. The van der Waals surface area contributed by atoms with Crippen LogP contribution in [-0.2, 0) is 29.7 Å². The molecule has 8 heteroatoms. The average Bonchev–Trinajstić information content (AvgIpc) is 3.34. The van der Waals surface area contributed by atoms with Crippen LogP contribution in [0, 0.1) is 0 Å². The summed E-state index contributed by atoms with van der Waals surface area (Å²) in [5.41, 5.74) is 10.9. The lowest BCUT2D eigenvalue weighted by molar-refractivity contribution is -0.127. The normalized spacial score (nSPS) is 21.0. The molecular formula is C32H41N5O3. The minimum absolute atomic E-state index is 0.0797. The maximum atomic E-state index is 13.9. The molecule has 0 radical (unpaired) electrons. The summed E-state index contributed by atoms with van der Waals surface area (Å²) < 4.78 is 7.46. The lowest BCUT2D eigenvalue weighted by Crippen LogP contribution is -2.55. The predicted molar refractivity (Wildman–Crippen MR) is 155 cm³/mol. The number of nitrogens with two attached hydrogens (primary N) is 1. The summed E-state index contributed by atoms with van der Waals surface area (Å²) in [6.45, 7) is 7.57. The Balaban J connectivity index is 1.41. The zero-order chi connectivity index (χ0) is 28.4. The lowest BCUT2D eigenvalue weighted by Gasteiger charge is -2.36. The zero-order valence-electron chi connectivity index (χ0n) is 24.0. The van der Waals surface area contributed by atoms with E-state index in [0.29, 0.717) is 30.8 Å². The number of fused-ring (bicyclic) bond motifs is 1. The van der Waals surface area contributed by atoms with Crippen molar-refractivity contribution >= 4 is 11.8 Å². The molecule has 3 N–H and O–H groups in total. The molecule has 1 saturated carbocycles. The number of methoxy groups -OCH3 is 1. The Kier molecular flexibility index (Phi) is 7.99. The van der Waals surface area contributed by atoms with E-state index >= 15 is 0 Å². The van der Waals surface area contributed by atoms with Crippen LogP contribution in [0.1, 0.15) is 79.3 Å². The lowest BCUT2D eigenvalue weighted by atomic mass is 9.87. The first-order valence-corrected chi connectivity index (χ1v) is 14.3. The van der Waals surface area contributed by atoms with Crippen molar-refractivity contribution in [2.45, 2.75) is 89.5 Å². The third kappa shape index (κ3) is 6.07. The molecular weight excluding hydrogens is 502 g/mol. The molecule has 40 heavy (non-hydrogen) atoms. The number of rotatable bonds is 6. The number of hydrogen-bond acceptors (Lipinski definition) is 5. The maximum Gasteiger partial charge on any atom is 0.255 e. The molecule has 0 bridgehead atoms. The summed E-state index contributed by atoms with van der Waals surface area (Å²) in [5.74, 6) is 0.277. The van der Waals surface area contributed by atoms with Crippen LogP contribution < -0.4 is 15.8 Å². The third-order valence-electron chi connectivity index (χ3n) is 8.29. The molecule has 1 atom stereocenters. The zero-order valence-corrected chi connectivity index (χ0v) is 24.0. The van der Waals surface area contributed by atoms with Crippen LogP contribution in [0.2, 0.25) is 0 Å². The Morgan fingerprint density at radius 2 is 1.80 bits per heavy atom. The summed E-state index contributed by atoms with van der Waals surface area (Å²) in [6.07, 6.45) is 5.72. The minimum atomic E-state index is -0.642. The van der Waals surface area contributed by atoms with E-state index in [-0.39, 0.29) is 29.3 Å². The number of carbonyl (C=O) groups excluding carboxylic acids is 2. The third-order valence-corrected chi connectivity index (χ3v) is 8.29. The van der Waals surface area contributed by atoms with Crippen LogP contribution in [-0.4, -0.2) is 51.5 Å². The quantitative estimate of drug-likeness (QED) is 0.485. The Labute approximate surface area is 236 Å². The Morgan fingerprint density at radius 3 is 2.48 bits per heavy atom. The van der Waals surface area contributed by atoms with E-state index in [1.165, 1.54) is 5.56 Å². The van der Waals surface area contributed by atoms with Crippen LogP contribution in [0.15, 0.2) is 54.9 Å². The predicted octanol–water partition coefficient (Wildman–Crippen LogP) is 4.19. The van der Waals surface area contributed by atoms with E-state index in [4.69, 9.17) is 15.5 Å². The van der Waals surface area contributed by atoms with Crippen molar-refractivity contribution in [1.29, 1.82) is 0 Å². The second kappa shape index (κ2) is 11.5. The van der Waals surface area contributed by atoms with Gasteiger partial charge < -0.3 is 25.3 Å². The van der Waals surface area contributed by atoms with Crippen LogP contribution in [0.4, 0.5) is 0 Å². The van der Waals surface area contributed by atoms with E-state index in [1.807, 2.05) is 12.4 Å². The Bertz CT molecular complexity index is 1350. The summed E-state index contributed by atoms with van der Waals surface area (Å²) in [6, 6.07) is 15.4. The molecule has 2 amide bonds. The van der Waals surface area contributed by atoms with E-state index in [2.05, 4.69) is 54.9 Å². The van der Waals surface area contributed by atoms with Gasteiger partial charge in [0.25, 0.3) is 5.91 Å². The fourth-order valence-electron chi connectivity index (χ4n) is 5.74. The fraction of sp³-hybridized carbons (Fsp3) is 0.469. The molecule has 8 nitrogen and oxygen atoms in total. The van der Waals surface area contributed by atoms with Gasteiger partial charge in [0.05, 0.1) is 31.4 Å². The first-order chi connectivity index (χ1) is 19.1. The summed E-state index contributed by atoms with van der Waals surface area (Å²) in [4.78, 5) is 33.9. The van der Waals surface area contributed by atoms with Gasteiger partial charge in [-0.25, -0.2) is 4.98 Å². The van der Waals surface area contributed by atoms with Gasteiger partial charge >= 0.3 is 0 Å². The molecule has 0 spiro atoms. The van der Waals surface area contributed by atoms with E-state index in [0.717, 1.165) is 42.6 Å². The van der Waals surface area contributed by atoms with Crippen molar-refractivity contribution < 1.29 is 14.3 Å². The highest BCUT2D eigenvalue weighted by Gasteiger charge is 2.38. The number of nitrogens with one attached hydrogen (secondary N) is 1. The van der Waals surface area contributed by atoms with Crippen molar-refractivity contribution in [3.8, 4) is 5.75 Å². The fourth-order valence-corrected chi connectivity index (χ4v) is 5.74. The standard InChI is InChI=1S/C32H41N5O3/c1-32(2,3)23-10-8-21(9-11-23)18-36-20-34-27-17-28(30(38)35-25-14-12-24(33)13-15-25)37(19-29(27)36)31(39)22-6-5-7-26(16-22)40-4/h5-11,16,20,24-25,28H,12-15,17-19,33H2,1-4H3,(H,35,38). The molecule has 1 aliphatic carbocycles. The van der Waals surface area contributed by atoms with Crippen molar-refractivity contribution in [2.24, 2.45) is 5.73 Å². The Hall–Kier alpha value is -3.65. The Morgan fingerprint density at radius 1 is 1.07 bits per heavy atom. The summed E-state index contributed by atoms with van der Waals surface area (Å²) >= 11 is 0. The first-order valence-electron chi connectivity index (χ1n) is 14.3. The smallest absolute Gasteiger partial charge is 0.255 e. The molecule has 2 aromatic carbocycles. The largest absolute Gasteiger partial charge is 0.497 e. The summed E-state index contributed by atoms with van der Waals surface area (Å²) in [7, 11) is 1.58. The van der Waals surface area contributed by atoms with Crippen LogP contribution in [0.5, 0.6) is 5.75 Å². The topological polar surface area (TPSA) is 102 Å². The second-order valence-corrected chi connectivity index (χ2v) is 12.2. The van der Waals surface area contributed by atoms with Gasteiger partial charge in [-0.2, -0.15) is 0 Å². The number of benzene rings is 2. The van der Waals surface area contributed by atoms with Gasteiger partial charge in [-0.15, -0.1) is 0 Å². The molecule has 212 valence electrons. The SMILES string of the molecule is COc1cccc(C(=O)N2Cc3c(ncn3Cc3ccc(C(C)(C)C)cc3)CC2C(=O)NC2CCC(N)CC2)c1. The van der Waals surface area contributed by atoms with Crippen molar-refractivity contribution in [2.75, 3.05) is 7.11 Å². The van der Waals surface area contributed by atoms with Gasteiger partial charge in [0, 0.05) is 30.6 Å². The van der Waals surface area contributed by atoms with E-state index in [1.54, 1.807) is 30.2 Å². The molecule has 2 heterocycles. The number of nitrogens with zero attached hydrogens (tertiary/aromatic N) is 3. The molecule has 1 aromatic heterocycles. The molecule has 1 unspecified atom stereocenters. The van der Waals surface area contributed by atoms with Crippen LogP contribution in [0.3, 0.4) is 0 Å². The monoisotopic (exact) mass is 543 g/mol. The highest BCUT2D eigenvalue weighted by Crippen LogP contribution is 2.28. The summed E-state index contributed by atoms with van der Waals surface area (Å²) in [5, 5.41) is 3.22. The average molecular weight is 544 g/mol. The van der Waals surface area contributed by atoms with Crippen molar-refractivity contribution in [3.05, 3.63) is 82.9 Å². The number of aromatic nitrogens is 2. The molecule has 5 rings (SSSR count). The molecule has 0 saturated heterocycles. The highest BCUT2D eigenvalue weighted by atomic mass is 16.5. The van der Waals surface area contributed by atoms with Gasteiger partial charge in [-0.1, -0.05) is 51.1 Å². The van der Waals surface area contributed by atoms with Gasteiger partial charge in [-0.3, -0.25) is 9.59 Å². The number of amides is 2. The second-order valence-electron chi connectivity index (χ2n) is 12.2. The first kappa shape index (κ1) is 27.9. The molecule has 1 fully saturated rings. The number of imidazole rings is 1. The minimum Gasteiger partial charge on any atom is -0.497 e. The number of ether oxygens (including phenoxy) is 1. The highest BCUT2D eigenvalue weighted by molar-refractivity contribution is 5.98. The van der Waals surface area contributed by atoms with Gasteiger partial charge in [0.15, 0.2) is 0 Å². The number of carbonyl (C=O) groups is 2. The van der Waals surface area contributed by atoms with Gasteiger partial charge in [0.2, 0.25) is 5.91 Å². The van der Waals surface area contributed by atoms with Crippen LogP contribution in [0.25, 0.3) is 0 Å². The van der Waals surface area contributed by atoms with Gasteiger partial charge in [-0.05, 0) is 60.4 Å². The van der Waals surface area contributed by atoms with Crippen molar-refractivity contribution in [3.63, 3.8) is 0 Å². The van der Waals surface area contributed by atoms with Crippen LogP contribution >= 0.6 is 0 Å². The molecule has 2 aliphatic rings.